The highest BCUT2D eigenvalue weighted by atomic mass is 32.1. The predicted molar refractivity (Wildman–Crippen MR) is 114 cm³/mol. The van der Waals surface area contributed by atoms with Crippen LogP contribution in [0.15, 0.2) is 71.7 Å². The molecule has 2 amide bonds. The van der Waals surface area contributed by atoms with E-state index in [0.717, 1.165) is 21.6 Å². The number of hydrogen-bond donors (Lipinski definition) is 2. The fourth-order valence-electron chi connectivity index (χ4n) is 2.73. The molecule has 0 unspecified atom stereocenters. The third-order valence-electron chi connectivity index (χ3n) is 4.30. The monoisotopic (exact) mass is 390 g/mol. The lowest BCUT2D eigenvalue weighted by Crippen LogP contribution is -2.34. The molecular formula is C23H22N2O2S. The van der Waals surface area contributed by atoms with Crippen LogP contribution in [-0.4, -0.2) is 11.8 Å². The fraction of sp³-hybridized carbons (Fsp3) is 0.130. The fourth-order valence-corrected chi connectivity index (χ4v) is 3.39. The molecule has 0 aliphatic heterocycles. The number of thiophene rings is 1. The molecule has 5 heteroatoms. The van der Waals surface area contributed by atoms with E-state index in [4.69, 9.17) is 0 Å². The van der Waals surface area contributed by atoms with Gasteiger partial charge in [-0.1, -0.05) is 48.0 Å². The second-order valence-corrected chi connectivity index (χ2v) is 7.49. The number of hydrogen-bond acceptors (Lipinski definition) is 3. The van der Waals surface area contributed by atoms with E-state index in [1.165, 1.54) is 11.3 Å². The van der Waals surface area contributed by atoms with Crippen LogP contribution in [0.3, 0.4) is 0 Å². The molecule has 1 heterocycles. The first-order chi connectivity index (χ1) is 13.5. The molecule has 3 rings (SSSR count). The van der Waals surface area contributed by atoms with Gasteiger partial charge < -0.3 is 10.6 Å². The molecular weight excluding hydrogens is 368 g/mol. The molecule has 1 aromatic heterocycles. The molecule has 4 nitrogen and oxygen atoms in total. The Bertz CT molecular complexity index is 1010. The van der Waals surface area contributed by atoms with Crippen LogP contribution >= 0.6 is 11.3 Å². The highest BCUT2D eigenvalue weighted by Gasteiger charge is 2.15. The van der Waals surface area contributed by atoms with Crippen molar-refractivity contribution in [3.8, 4) is 0 Å². The van der Waals surface area contributed by atoms with Crippen molar-refractivity contribution in [2.45, 2.75) is 20.4 Å². The van der Waals surface area contributed by atoms with E-state index < -0.39 is 0 Å². The zero-order chi connectivity index (χ0) is 19.9. The van der Waals surface area contributed by atoms with Gasteiger partial charge in [0.25, 0.3) is 11.8 Å². The minimum atomic E-state index is -0.322. The molecule has 2 aromatic carbocycles. The number of benzene rings is 2. The lowest BCUT2D eigenvalue weighted by atomic mass is 10.1. The molecule has 142 valence electrons. The van der Waals surface area contributed by atoms with Crippen LogP contribution in [0.2, 0.25) is 0 Å². The summed E-state index contributed by atoms with van der Waals surface area (Å²) in [4.78, 5) is 26.3. The lowest BCUT2D eigenvalue weighted by Gasteiger charge is -2.12. The number of carbonyl (C=O) groups excluding carboxylic acids is 2. The second kappa shape index (κ2) is 9.15. The molecule has 0 radical (unpaired) electrons. The average Bonchev–Trinajstić information content (AvgIpc) is 3.19. The summed E-state index contributed by atoms with van der Waals surface area (Å²) >= 11 is 1.50. The number of nitrogens with one attached hydrogen (secondary N) is 2. The maximum Gasteiger partial charge on any atom is 0.268 e. The van der Waals surface area contributed by atoms with Gasteiger partial charge in [0.2, 0.25) is 0 Å². The Labute approximate surface area is 168 Å². The zero-order valence-corrected chi connectivity index (χ0v) is 16.7. The van der Waals surface area contributed by atoms with Gasteiger partial charge in [-0.2, -0.15) is 0 Å². The van der Waals surface area contributed by atoms with Crippen LogP contribution in [0.1, 0.15) is 31.9 Å². The van der Waals surface area contributed by atoms with Gasteiger partial charge in [-0.15, -0.1) is 11.3 Å². The van der Waals surface area contributed by atoms with Gasteiger partial charge in [-0.25, -0.2) is 0 Å². The van der Waals surface area contributed by atoms with E-state index in [1.54, 1.807) is 18.2 Å². The molecule has 0 saturated carbocycles. The van der Waals surface area contributed by atoms with E-state index in [0.29, 0.717) is 12.1 Å². The minimum Gasteiger partial charge on any atom is -0.347 e. The largest absolute Gasteiger partial charge is 0.347 e. The van der Waals surface area contributed by atoms with Crippen molar-refractivity contribution in [3.63, 3.8) is 0 Å². The first-order valence-corrected chi connectivity index (χ1v) is 9.87. The maximum absolute atomic E-state index is 12.8. The summed E-state index contributed by atoms with van der Waals surface area (Å²) in [6.07, 6.45) is 1.70. The van der Waals surface area contributed by atoms with Crippen molar-refractivity contribution < 1.29 is 9.59 Å². The van der Waals surface area contributed by atoms with Gasteiger partial charge in [-0.3, -0.25) is 9.59 Å². The van der Waals surface area contributed by atoms with Gasteiger partial charge in [0, 0.05) is 17.0 Å². The average molecular weight is 391 g/mol. The molecule has 0 aliphatic carbocycles. The van der Waals surface area contributed by atoms with E-state index in [1.807, 2.05) is 67.8 Å². The Morgan fingerprint density at radius 3 is 2.54 bits per heavy atom. The summed E-state index contributed by atoms with van der Waals surface area (Å²) in [6.45, 7) is 4.32. The minimum absolute atomic E-state index is 0.225. The lowest BCUT2D eigenvalue weighted by molar-refractivity contribution is -0.117. The van der Waals surface area contributed by atoms with Gasteiger partial charge in [0.15, 0.2) is 0 Å². The Kier molecular flexibility index (Phi) is 6.40. The van der Waals surface area contributed by atoms with E-state index in [2.05, 4.69) is 10.6 Å². The molecule has 0 fully saturated rings. The molecule has 0 bridgehead atoms. The van der Waals surface area contributed by atoms with E-state index in [-0.39, 0.29) is 17.5 Å². The Morgan fingerprint density at radius 2 is 1.82 bits per heavy atom. The summed E-state index contributed by atoms with van der Waals surface area (Å²) in [5.41, 5.74) is 3.87. The summed E-state index contributed by atoms with van der Waals surface area (Å²) in [5.74, 6) is -0.629. The Hall–Kier alpha value is -3.18. The smallest absolute Gasteiger partial charge is 0.268 e. The van der Waals surface area contributed by atoms with Gasteiger partial charge in [0.1, 0.15) is 5.70 Å². The number of carbonyl (C=O) groups is 2. The first-order valence-electron chi connectivity index (χ1n) is 8.99. The summed E-state index contributed by atoms with van der Waals surface area (Å²) in [6, 6.07) is 19.0. The van der Waals surface area contributed by atoms with Gasteiger partial charge in [0.05, 0.1) is 0 Å². The molecule has 3 aromatic rings. The Morgan fingerprint density at radius 1 is 1.00 bits per heavy atom. The topological polar surface area (TPSA) is 58.2 Å². The first kappa shape index (κ1) is 19.6. The number of rotatable bonds is 6. The van der Waals surface area contributed by atoms with Crippen LogP contribution in [0.25, 0.3) is 6.08 Å². The molecule has 0 atom stereocenters. The quantitative estimate of drug-likeness (QED) is 0.611. The predicted octanol–water partition coefficient (Wildman–Crippen LogP) is 4.45. The standard InChI is InChI=1S/C23H22N2O2S/c1-16-7-5-10-18(13-16)22(26)25-21(14-20-11-6-12-28-20)23(27)24-15-19-9-4-3-8-17(19)2/h3-14H,15H2,1-2H3,(H,24,27)(H,25,26)/b21-14-. The summed E-state index contributed by atoms with van der Waals surface area (Å²) < 4.78 is 0. The molecule has 2 N–H and O–H groups in total. The van der Waals surface area contributed by atoms with Crippen LogP contribution in [0.5, 0.6) is 0 Å². The Balaban J connectivity index is 1.78. The van der Waals surface area contributed by atoms with Crippen LogP contribution in [0, 0.1) is 13.8 Å². The van der Waals surface area contributed by atoms with E-state index in [9.17, 15) is 9.59 Å². The zero-order valence-electron chi connectivity index (χ0n) is 15.9. The van der Waals surface area contributed by atoms with Crippen LogP contribution in [0.4, 0.5) is 0 Å². The van der Waals surface area contributed by atoms with Gasteiger partial charge >= 0.3 is 0 Å². The van der Waals surface area contributed by atoms with Crippen molar-refractivity contribution >= 4 is 29.2 Å². The maximum atomic E-state index is 12.8. The highest BCUT2D eigenvalue weighted by Crippen LogP contribution is 2.14. The van der Waals surface area contributed by atoms with Crippen LogP contribution in [-0.2, 0) is 11.3 Å². The van der Waals surface area contributed by atoms with Crippen molar-refractivity contribution in [2.24, 2.45) is 0 Å². The summed E-state index contributed by atoms with van der Waals surface area (Å²) in [5, 5.41) is 7.60. The van der Waals surface area contributed by atoms with Crippen molar-refractivity contribution in [1.82, 2.24) is 10.6 Å². The second-order valence-electron chi connectivity index (χ2n) is 6.51. The van der Waals surface area contributed by atoms with Crippen molar-refractivity contribution in [2.75, 3.05) is 0 Å². The number of aryl methyl sites for hydroxylation is 2. The highest BCUT2D eigenvalue weighted by molar-refractivity contribution is 7.10. The van der Waals surface area contributed by atoms with Crippen molar-refractivity contribution in [1.29, 1.82) is 0 Å². The van der Waals surface area contributed by atoms with Gasteiger partial charge in [-0.05, 0) is 54.6 Å². The molecule has 28 heavy (non-hydrogen) atoms. The third kappa shape index (κ3) is 5.18. The van der Waals surface area contributed by atoms with E-state index >= 15 is 0 Å². The van der Waals surface area contributed by atoms with Crippen LogP contribution < -0.4 is 10.6 Å². The van der Waals surface area contributed by atoms with Crippen molar-refractivity contribution in [3.05, 3.63) is 98.9 Å². The number of amides is 2. The summed E-state index contributed by atoms with van der Waals surface area (Å²) in [7, 11) is 0. The molecule has 0 aliphatic rings. The SMILES string of the molecule is Cc1cccc(C(=O)N/C(=C\c2cccs2)C(=O)NCc2ccccc2C)c1. The molecule has 0 spiro atoms. The molecule has 0 saturated heterocycles. The third-order valence-corrected chi connectivity index (χ3v) is 5.12. The normalized spacial score (nSPS) is 11.1.